The molecule has 0 aliphatic heterocycles. The molecule has 76 valence electrons. The molecule has 0 fully saturated rings. The molecule has 1 aromatic rings. The van der Waals surface area contributed by atoms with Crippen molar-refractivity contribution in [3.63, 3.8) is 0 Å². The molecule has 0 radical (unpaired) electrons. The molecule has 4 nitrogen and oxygen atoms in total. The van der Waals surface area contributed by atoms with Crippen molar-refractivity contribution in [1.29, 1.82) is 0 Å². The van der Waals surface area contributed by atoms with Crippen molar-refractivity contribution in [2.45, 2.75) is 13.0 Å². The number of carbonyl (C=O) groups is 1. The van der Waals surface area contributed by atoms with E-state index in [1.165, 1.54) is 0 Å². The third kappa shape index (κ3) is 2.74. The second-order valence-electron chi connectivity index (χ2n) is 3.18. The number of carbonyl (C=O) groups excluding carboxylic acids is 1. The summed E-state index contributed by atoms with van der Waals surface area (Å²) in [5.41, 5.74) is 6.59. The number of benzene rings is 1. The molecule has 0 aliphatic carbocycles. The number of hydrogen-bond donors (Lipinski definition) is 3. The van der Waals surface area contributed by atoms with Gasteiger partial charge in [0.05, 0.1) is 6.61 Å². The topological polar surface area (TPSA) is 75.3 Å². The number of rotatable bonds is 3. The summed E-state index contributed by atoms with van der Waals surface area (Å²) in [4.78, 5) is 11.5. The van der Waals surface area contributed by atoms with Crippen LogP contribution in [0.1, 0.15) is 17.3 Å². The number of amides is 1. The first kappa shape index (κ1) is 10.5. The van der Waals surface area contributed by atoms with Crippen molar-refractivity contribution >= 4 is 11.6 Å². The van der Waals surface area contributed by atoms with Crippen LogP contribution in [0.5, 0.6) is 0 Å². The van der Waals surface area contributed by atoms with Gasteiger partial charge in [-0.05, 0) is 25.1 Å². The fraction of sp³-hybridized carbons (Fsp3) is 0.300. The molecule has 1 amide bonds. The van der Waals surface area contributed by atoms with Gasteiger partial charge in [0.15, 0.2) is 0 Å². The van der Waals surface area contributed by atoms with Crippen LogP contribution in [-0.2, 0) is 0 Å². The zero-order chi connectivity index (χ0) is 10.6. The Morgan fingerprint density at radius 3 is 2.93 bits per heavy atom. The second-order valence-corrected chi connectivity index (χ2v) is 3.18. The number of anilines is 1. The molecule has 0 heterocycles. The Kier molecular flexibility index (Phi) is 3.48. The van der Waals surface area contributed by atoms with Gasteiger partial charge in [0.2, 0.25) is 0 Å². The van der Waals surface area contributed by atoms with E-state index in [0.29, 0.717) is 11.3 Å². The summed E-state index contributed by atoms with van der Waals surface area (Å²) < 4.78 is 0. The molecule has 0 saturated carbocycles. The Morgan fingerprint density at radius 1 is 1.64 bits per heavy atom. The molecule has 0 aliphatic rings. The highest BCUT2D eigenvalue weighted by molar-refractivity contribution is 5.95. The van der Waals surface area contributed by atoms with Gasteiger partial charge in [-0.25, -0.2) is 0 Å². The Balaban J connectivity index is 2.70. The minimum Gasteiger partial charge on any atom is -0.399 e. The Hall–Kier alpha value is -1.55. The molecule has 1 rings (SSSR count). The van der Waals surface area contributed by atoms with E-state index in [1.807, 2.05) is 0 Å². The van der Waals surface area contributed by atoms with Crippen LogP contribution in [0.25, 0.3) is 0 Å². The summed E-state index contributed by atoms with van der Waals surface area (Å²) in [5.74, 6) is -0.223. The molecule has 0 spiro atoms. The lowest BCUT2D eigenvalue weighted by Gasteiger charge is -2.10. The van der Waals surface area contributed by atoms with Crippen molar-refractivity contribution in [1.82, 2.24) is 5.32 Å². The average Bonchev–Trinajstić information content (AvgIpc) is 2.17. The van der Waals surface area contributed by atoms with Crippen LogP contribution in [0, 0.1) is 0 Å². The van der Waals surface area contributed by atoms with E-state index in [9.17, 15) is 4.79 Å². The standard InChI is InChI=1S/C10H14N2O2/c1-7(6-13)12-10(14)8-3-2-4-9(11)5-8/h2-5,7,13H,6,11H2,1H3,(H,12,14)/t7-/m0/s1. The lowest BCUT2D eigenvalue weighted by atomic mass is 10.2. The summed E-state index contributed by atoms with van der Waals surface area (Å²) >= 11 is 0. The summed E-state index contributed by atoms with van der Waals surface area (Å²) in [6.07, 6.45) is 0. The Labute approximate surface area is 82.7 Å². The first-order chi connectivity index (χ1) is 6.63. The average molecular weight is 194 g/mol. The van der Waals surface area contributed by atoms with E-state index < -0.39 is 0 Å². The molecule has 14 heavy (non-hydrogen) atoms. The largest absolute Gasteiger partial charge is 0.399 e. The fourth-order valence-corrected chi connectivity index (χ4v) is 1.03. The van der Waals surface area contributed by atoms with Crippen LogP contribution in [0.15, 0.2) is 24.3 Å². The minimum atomic E-state index is -0.246. The van der Waals surface area contributed by atoms with Gasteiger partial charge >= 0.3 is 0 Å². The first-order valence-electron chi connectivity index (χ1n) is 4.40. The highest BCUT2D eigenvalue weighted by atomic mass is 16.3. The number of aliphatic hydroxyl groups excluding tert-OH is 1. The van der Waals surface area contributed by atoms with Crippen molar-refractivity contribution in [3.05, 3.63) is 29.8 Å². The Bertz CT molecular complexity index is 326. The minimum absolute atomic E-state index is 0.0753. The molecule has 0 saturated heterocycles. The second kappa shape index (κ2) is 4.62. The lowest BCUT2D eigenvalue weighted by Crippen LogP contribution is -2.34. The summed E-state index contributed by atoms with van der Waals surface area (Å²) in [6, 6.07) is 6.46. The van der Waals surface area contributed by atoms with Crippen LogP contribution < -0.4 is 11.1 Å². The molecule has 1 atom stereocenters. The molecule has 0 unspecified atom stereocenters. The summed E-state index contributed by atoms with van der Waals surface area (Å²) in [5, 5.41) is 11.4. The fourth-order valence-electron chi connectivity index (χ4n) is 1.03. The molecular formula is C10H14N2O2. The van der Waals surface area contributed by atoms with Crippen LogP contribution in [0.2, 0.25) is 0 Å². The van der Waals surface area contributed by atoms with Crippen LogP contribution >= 0.6 is 0 Å². The van der Waals surface area contributed by atoms with E-state index in [0.717, 1.165) is 0 Å². The molecule has 1 aromatic carbocycles. The van der Waals surface area contributed by atoms with Crippen LogP contribution in [0.3, 0.4) is 0 Å². The van der Waals surface area contributed by atoms with Crippen LogP contribution in [-0.4, -0.2) is 23.7 Å². The zero-order valence-electron chi connectivity index (χ0n) is 8.03. The SMILES string of the molecule is C[C@@H](CO)NC(=O)c1cccc(N)c1. The lowest BCUT2D eigenvalue weighted by molar-refractivity contribution is 0.0922. The number of nitrogens with one attached hydrogen (secondary N) is 1. The summed E-state index contributed by atoms with van der Waals surface area (Å²) in [6.45, 7) is 1.65. The predicted octanol–water partition coefficient (Wildman–Crippen LogP) is 0.379. The number of nitrogens with two attached hydrogens (primary N) is 1. The van der Waals surface area contributed by atoms with E-state index in [1.54, 1.807) is 31.2 Å². The van der Waals surface area contributed by atoms with E-state index in [2.05, 4.69) is 5.32 Å². The first-order valence-corrected chi connectivity index (χ1v) is 4.40. The number of hydrogen-bond acceptors (Lipinski definition) is 3. The van der Waals surface area contributed by atoms with Gasteiger partial charge in [0.25, 0.3) is 5.91 Å². The normalized spacial score (nSPS) is 12.1. The molecule has 4 heteroatoms. The van der Waals surface area contributed by atoms with Crippen molar-refractivity contribution < 1.29 is 9.90 Å². The summed E-state index contributed by atoms with van der Waals surface area (Å²) in [7, 11) is 0. The van der Waals surface area contributed by atoms with Gasteiger partial charge in [-0.3, -0.25) is 4.79 Å². The molecular weight excluding hydrogens is 180 g/mol. The van der Waals surface area contributed by atoms with Gasteiger partial charge in [-0.15, -0.1) is 0 Å². The van der Waals surface area contributed by atoms with E-state index in [4.69, 9.17) is 10.8 Å². The third-order valence-corrected chi connectivity index (χ3v) is 1.80. The highest BCUT2D eigenvalue weighted by Crippen LogP contribution is 2.06. The van der Waals surface area contributed by atoms with Crippen molar-refractivity contribution in [2.75, 3.05) is 12.3 Å². The smallest absolute Gasteiger partial charge is 0.251 e. The maximum atomic E-state index is 11.5. The van der Waals surface area contributed by atoms with Gasteiger partial charge in [-0.1, -0.05) is 6.07 Å². The number of aliphatic hydroxyl groups is 1. The Morgan fingerprint density at radius 2 is 2.36 bits per heavy atom. The van der Waals surface area contributed by atoms with Crippen molar-refractivity contribution in [3.8, 4) is 0 Å². The van der Waals surface area contributed by atoms with Gasteiger partial charge in [-0.2, -0.15) is 0 Å². The van der Waals surface area contributed by atoms with Gasteiger partial charge in [0.1, 0.15) is 0 Å². The molecule has 0 bridgehead atoms. The van der Waals surface area contributed by atoms with E-state index >= 15 is 0 Å². The van der Waals surface area contributed by atoms with Gasteiger partial charge < -0.3 is 16.2 Å². The number of nitrogen functional groups attached to an aromatic ring is 1. The maximum absolute atomic E-state index is 11.5. The zero-order valence-corrected chi connectivity index (χ0v) is 8.03. The van der Waals surface area contributed by atoms with Gasteiger partial charge in [0, 0.05) is 17.3 Å². The highest BCUT2D eigenvalue weighted by Gasteiger charge is 2.08. The monoisotopic (exact) mass is 194 g/mol. The molecule has 4 N–H and O–H groups in total. The quantitative estimate of drug-likeness (QED) is 0.609. The third-order valence-electron chi connectivity index (χ3n) is 1.80. The maximum Gasteiger partial charge on any atom is 0.251 e. The predicted molar refractivity (Wildman–Crippen MR) is 54.9 cm³/mol. The van der Waals surface area contributed by atoms with E-state index in [-0.39, 0.29) is 18.6 Å². The molecule has 0 aromatic heterocycles. The van der Waals surface area contributed by atoms with Crippen molar-refractivity contribution in [2.24, 2.45) is 0 Å². The van der Waals surface area contributed by atoms with Crippen LogP contribution in [0.4, 0.5) is 5.69 Å².